The van der Waals surface area contributed by atoms with E-state index >= 15 is 0 Å². The Morgan fingerprint density at radius 2 is 1.86 bits per heavy atom. The van der Waals surface area contributed by atoms with Gasteiger partial charge in [-0.3, -0.25) is 9.80 Å². The number of carbonyl (C=O) groups excluding carboxylic acids is 1. The Hall–Kier alpha value is -3.05. The molecule has 2 saturated heterocycles. The second kappa shape index (κ2) is 11.6. The van der Waals surface area contributed by atoms with Crippen LogP contribution in [0.5, 0.6) is 11.5 Å². The molecule has 0 spiro atoms. The van der Waals surface area contributed by atoms with Crippen molar-refractivity contribution in [2.24, 2.45) is 0 Å². The molecule has 0 saturated carbocycles. The van der Waals surface area contributed by atoms with Crippen molar-refractivity contribution < 1.29 is 23.4 Å². The van der Waals surface area contributed by atoms with Crippen LogP contribution in [0, 0.1) is 5.82 Å². The van der Waals surface area contributed by atoms with E-state index in [1.165, 1.54) is 18.5 Å². The molecule has 2 aliphatic rings. The molecule has 1 N–H and O–H groups in total. The zero-order chi connectivity index (χ0) is 25.8. The summed E-state index contributed by atoms with van der Waals surface area (Å²) in [6.45, 7) is 4.33. The van der Waals surface area contributed by atoms with Crippen LogP contribution < -0.4 is 14.8 Å². The maximum absolute atomic E-state index is 13.6. The number of benzene rings is 2. The number of hydrogen-bond donors (Lipinski definition) is 1. The Labute approximate surface area is 219 Å². The third-order valence-electron chi connectivity index (χ3n) is 6.79. The molecule has 1 unspecified atom stereocenters. The first-order valence-electron chi connectivity index (χ1n) is 12.3. The van der Waals surface area contributed by atoms with E-state index in [1.807, 2.05) is 12.1 Å². The Kier molecular flexibility index (Phi) is 7.99. The van der Waals surface area contributed by atoms with Gasteiger partial charge in [0.25, 0.3) is 0 Å². The largest absolute Gasteiger partial charge is 0.493 e. The monoisotopic (exact) mass is 529 g/mol. The van der Waals surface area contributed by atoms with Crippen LogP contribution in [0.25, 0.3) is 10.9 Å². The van der Waals surface area contributed by atoms with Crippen molar-refractivity contribution in [3.8, 4) is 11.5 Å². The van der Waals surface area contributed by atoms with E-state index in [-0.39, 0.29) is 17.3 Å². The van der Waals surface area contributed by atoms with Crippen LogP contribution in [-0.2, 0) is 9.53 Å². The molecular formula is C26H29ClFN5O4. The van der Waals surface area contributed by atoms with E-state index in [9.17, 15) is 9.18 Å². The number of morpholine rings is 1. The minimum absolute atomic E-state index is 0.0193. The summed E-state index contributed by atoms with van der Waals surface area (Å²) >= 11 is 5.94. The van der Waals surface area contributed by atoms with Crippen LogP contribution in [-0.4, -0.2) is 84.8 Å². The van der Waals surface area contributed by atoms with E-state index in [2.05, 4.69) is 25.1 Å². The number of anilines is 2. The molecule has 3 heterocycles. The van der Waals surface area contributed by atoms with Gasteiger partial charge in [-0.1, -0.05) is 11.6 Å². The van der Waals surface area contributed by atoms with Gasteiger partial charge in [0.2, 0.25) is 0 Å². The zero-order valence-electron chi connectivity index (χ0n) is 20.5. The summed E-state index contributed by atoms with van der Waals surface area (Å²) < 4.78 is 31.0. The maximum Gasteiger partial charge on any atom is 0.162 e. The zero-order valence-corrected chi connectivity index (χ0v) is 21.3. The van der Waals surface area contributed by atoms with Crippen molar-refractivity contribution >= 4 is 40.3 Å². The van der Waals surface area contributed by atoms with Crippen LogP contribution in [0.3, 0.4) is 0 Å². The summed E-state index contributed by atoms with van der Waals surface area (Å²) in [7, 11) is 1.59. The second-order valence-corrected chi connectivity index (χ2v) is 9.45. The average Bonchev–Trinajstić information content (AvgIpc) is 2.93. The fourth-order valence-corrected chi connectivity index (χ4v) is 4.99. The third-order valence-corrected chi connectivity index (χ3v) is 7.08. The van der Waals surface area contributed by atoms with Gasteiger partial charge in [0, 0.05) is 43.3 Å². The molecule has 2 fully saturated rings. The highest BCUT2D eigenvalue weighted by Crippen LogP contribution is 2.36. The maximum atomic E-state index is 13.6. The lowest BCUT2D eigenvalue weighted by atomic mass is 10.1. The SMILES string of the molecule is COc1cc2ncnc(Nc3ccc(F)c(Cl)c3)c2cc1OC1CCN(C(C=O)N2CCOCC2)CC1. The molecule has 0 radical (unpaired) electrons. The molecule has 5 rings (SSSR count). The highest BCUT2D eigenvalue weighted by molar-refractivity contribution is 6.31. The molecule has 0 bridgehead atoms. The molecule has 0 aliphatic carbocycles. The summed E-state index contributed by atoms with van der Waals surface area (Å²) in [5, 5.41) is 3.93. The third kappa shape index (κ3) is 5.77. The van der Waals surface area contributed by atoms with Gasteiger partial charge in [-0.15, -0.1) is 0 Å². The summed E-state index contributed by atoms with van der Waals surface area (Å²) in [6, 6.07) is 8.06. The van der Waals surface area contributed by atoms with Gasteiger partial charge in [-0.05, 0) is 37.1 Å². The topological polar surface area (TPSA) is 89.1 Å². The van der Waals surface area contributed by atoms with E-state index < -0.39 is 5.82 Å². The minimum Gasteiger partial charge on any atom is -0.493 e. The fourth-order valence-electron chi connectivity index (χ4n) is 4.81. The number of ether oxygens (including phenoxy) is 3. The number of piperidine rings is 1. The molecule has 1 atom stereocenters. The standard InChI is InChI=1S/C26H29ClFN5O4/c1-35-23-14-22-19(26(30-16-29-22)31-17-2-3-21(28)20(27)12-17)13-24(23)37-18-4-6-32(7-5-18)25(15-34)33-8-10-36-11-9-33/h2-3,12-16,18,25H,4-11H2,1H3,(H,29,30,31). The van der Waals surface area contributed by atoms with Gasteiger partial charge in [0.05, 0.1) is 30.9 Å². The van der Waals surface area contributed by atoms with E-state index in [0.29, 0.717) is 41.7 Å². The number of rotatable bonds is 8. The number of aromatic nitrogens is 2. The van der Waals surface area contributed by atoms with Crippen LogP contribution in [0.1, 0.15) is 12.8 Å². The number of nitrogens with zero attached hydrogens (tertiary/aromatic N) is 4. The summed E-state index contributed by atoms with van der Waals surface area (Å²) in [6.07, 6.45) is 3.77. The molecular weight excluding hydrogens is 501 g/mol. The lowest BCUT2D eigenvalue weighted by Crippen LogP contribution is -2.56. The smallest absolute Gasteiger partial charge is 0.162 e. The van der Waals surface area contributed by atoms with E-state index in [0.717, 1.165) is 50.7 Å². The van der Waals surface area contributed by atoms with Crippen molar-refractivity contribution in [1.29, 1.82) is 0 Å². The number of hydrogen-bond acceptors (Lipinski definition) is 9. The molecule has 2 aromatic carbocycles. The van der Waals surface area contributed by atoms with E-state index in [4.69, 9.17) is 25.8 Å². The first-order valence-corrected chi connectivity index (χ1v) is 12.7. The highest BCUT2D eigenvalue weighted by atomic mass is 35.5. The van der Waals surface area contributed by atoms with Crippen molar-refractivity contribution in [3.63, 3.8) is 0 Å². The molecule has 37 heavy (non-hydrogen) atoms. The molecule has 196 valence electrons. The van der Waals surface area contributed by atoms with Crippen LogP contribution >= 0.6 is 11.6 Å². The van der Waals surface area contributed by atoms with Crippen molar-refractivity contribution in [2.75, 3.05) is 51.8 Å². The first-order chi connectivity index (χ1) is 18.1. The number of carbonyl (C=O) groups is 1. The van der Waals surface area contributed by atoms with Gasteiger partial charge < -0.3 is 24.3 Å². The highest BCUT2D eigenvalue weighted by Gasteiger charge is 2.31. The number of fused-ring (bicyclic) bond motifs is 1. The summed E-state index contributed by atoms with van der Waals surface area (Å²) in [4.78, 5) is 25.0. The molecule has 2 aliphatic heterocycles. The van der Waals surface area contributed by atoms with Crippen molar-refractivity contribution in [2.45, 2.75) is 25.1 Å². The van der Waals surface area contributed by atoms with E-state index in [1.54, 1.807) is 13.2 Å². The van der Waals surface area contributed by atoms with Crippen LogP contribution in [0.2, 0.25) is 5.02 Å². The first kappa shape index (κ1) is 25.6. The predicted octanol–water partition coefficient (Wildman–Crippen LogP) is 3.87. The number of aldehydes is 1. The fraction of sp³-hybridized carbons (Fsp3) is 0.423. The number of methoxy groups -OCH3 is 1. The van der Waals surface area contributed by atoms with Crippen molar-refractivity contribution in [1.82, 2.24) is 19.8 Å². The average molecular weight is 530 g/mol. The molecule has 0 amide bonds. The summed E-state index contributed by atoms with van der Waals surface area (Å²) in [5.74, 6) is 1.21. The molecule has 1 aromatic heterocycles. The Morgan fingerprint density at radius 1 is 1.11 bits per heavy atom. The van der Waals surface area contributed by atoms with Crippen LogP contribution in [0.4, 0.5) is 15.9 Å². The van der Waals surface area contributed by atoms with Gasteiger partial charge in [0.15, 0.2) is 17.8 Å². The Balaban J connectivity index is 1.32. The van der Waals surface area contributed by atoms with Crippen LogP contribution in [0.15, 0.2) is 36.7 Å². The number of halogens is 2. The van der Waals surface area contributed by atoms with Gasteiger partial charge >= 0.3 is 0 Å². The number of nitrogens with one attached hydrogen (secondary N) is 1. The molecule has 11 heteroatoms. The molecule has 9 nitrogen and oxygen atoms in total. The predicted molar refractivity (Wildman–Crippen MR) is 138 cm³/mol. The van der Waals surface area contributed by atoms with Crippen molar-refractivity contribution in [3.05, 3.63) is 47.5 Å². The minimum atomic E-state index is -0.490. The lowest BCUT2D eigenvalue weighted by Gasteiger charge is -2.41. The van der Waals surface area contributed by atoms with Gasteiger partial charge in [-0.2, -0.15) is 0 Å². The Morgan fingerprint density at radius 3 is 2.57 bits per heavy atom. The Bertz CT molecular complexity index is 1250. The second-order valence-electron chi connectivity index (χ2n) is 9.05. The van der Waals surface area contributed by atoms with Gasteiger partial charge in [-0.25, -0.2) is 14.4 Å². The normalized spacial score (nSPS) is 18.5. The lowest BCUT2D eigenvalue weighted by molar-refractivity contribution is -0.124. The quantitative estimate of drug-likeness (QED) is 0.437. The number of likely N-dealkylation sites (tertiary alicyclic amines) is 1. The summed E-state index contributed by atoms with van der Waals surface area (Å²) in [5.41, 5.74) is 1.27. The molecule has 3 aromatic rings. The van der Waals surface area contributed by atoms with Gasteiger partial charge in [0.1, 0.15) is 30.2 Å².